The van der Waals surface area contributed by atoms with E-state index < -0.39 is 33.1 Å². The molecule has 0 aromatic heterocycles. The first-order valence-electron chi connectivity index (χ1n) is 21.1. The molecule has 0 aliphatic heterocycles. The van der Waals surface area contributed by atoms with E-state index in [-0.39, 0.29) is 0 Å². The molecule has 3 N–H and O–H groups in total. The second-order valence-electron chi connectivity index (χ2n) is 16.6. The Kier molecular flexibility index (Phi) is 14.3. The first-order valence-corrected chi connectivity index (χ1v) is 27.3. The summed E-state index contributed by atoms with van der Waals surface area (Å²) in [5.74, 6) is 0. The molecular formula is C47H68N3O2P3. The summed E-state index contributed by atoms with van der Waals surface area (Å²) >= 11 is 0. The van der Waals surface area contributed by atoms with Crippen molar-refractivity contribution in [2.75, 3.05) is 44.1 Å². The maximum atomic E-state index is 15.8. The van der Waals surface area contributed by atoms with Gasteiger partial charge in [0.15, 0.2) is 0 Å². The van der Waals surface area contributed by atoms with Gasteiger partial charge in [-0.3, -0.25) is 0 Å². The van der Waals surface area contributed by atoms with Gasteiger partial charge in [-0.05, 0) is 0 Å². The van der Waals surface area contributed by atoms with Crippen LogP contribution in [0.3, 0.4) is 0 Å². The Balaban J connectivity index is 1.85. The Morgan fingerprint density at radius 3 is 1.35 bits per heavy atom. The van der Waals surface area contributed by atoms with Gasteiger partial charge in [-0.1, -0.05) is 0 Å². The SMILES string of the molecule is CCNP(C)(C)(CN(CC)CC)C(O)(P(C1CCCCC1)C1CCCCC1)C(O)(N(c1ccccc1)c1ccccc1)P(c1ccccc1)c1ccccc1. The molecular weight excluding hydrogens is 731 g/mol. The Morgan fingerprint density at radius 1 is 0.600 bits per heavy atom. The van der Waals surface area contributed by atoms with E-state index in [1.54, 1.807) is 0 Å². The van der Waals surface area contributed by atoms with Gasteiger partial charge in [0.05, 0.1) is 0 Å². The minimum absolute atomic E-state index is 0.358. The van der Waals surface area contributed by atoms with Crippen LogP contribution in [0.2, 0.25) is 0 Å². The number of para-hydroxylation sites is 2. The molecule has 4 aromatic carbocycles. The summed E-state index contributed by atoms with van der Waals surface area (Å²) in [5.41, 5.74) is 0.724. The van der Waals surface area contributed by atoms with Gasteiger partial charge in [0.2, 0.25) is 0 Å². The van der Waals surface area contributed by atoms with Crippen LogP contribution >= 0.6 is 22.6 Å². The Bertz CT molecular complexity index is 1550. The summed E-state index contributed by atoms with van der Waals surface area (Å²) in [4.78, 5) is 4.76. The molecule has 2 saturated carbocycles. The zero-order valence-electron chi connectivity index (χ0n) is 34.2. The summed E-state index contributed by atoms with van der Waals surface area (Å²) in [7, 11) is -2.86. The Hall–Kier alpha value is -2.19. The molecule has 2 atom stereocenters. The van der Waals surface area contributed by atoms with Crippen LogP contribution in [0.25, 0.3) is 0 Å². The predicted molar refractivity (Wildman–Crippen MR) is 245 cm³/mol. The quantitative estimate of drug-likeness (QED) is 0.0734. The molecule has 0 amide bonds. The molecule has 2 fully saturated rings. The van der Waals surface area contributed by atoms with Crippen molar-refractivity contribution in [1.82, 2.24) is 9.99 Å². The van der Waals surface area contributed by atoms with Gasteiger partial charge in [0.1, 0.15) is 0 Å². The van der Waals surface area contributed by atoms with Crippen LogP contribution in [-0.4, -0.2) is 76.2 Å². The van der Waals surface area contributed by atoms with E-state index >= 15 is 10.2 Å². The molecule has 0 radical (unpaired) electrons. The molecule has 8 heteroatoms. The molecule has 298 valence electrons. The molecule has 0 spiro atoms. The third-order valence-corrected chi connectivity index (χ3v) is 26.9. The van der Waals surface area contributed by atoms with Gasteiger partial charge in [-0.25, -0.2) is 0 Å². The van der Waals surface area contributed by atoms with E-state index in [0.717, 1.165) is 60.8 Å². The molecule has 5 nitrogen and oxygen atoms in total. The number of aliphatic hydroxyl groups is 2. The predicted octanol–water partition coefficient (Wildman–Crippen LogP) is 11.0. The third kappa shape index (κ3) is 8.39. The summed E-state index contributed by atoms with van der Waals surface area (Å²) < 4.78 is 0. The van der Waals surface area contributed by atoms with Gasteiger partial charge in [0, 0.05) is 0 Å². The average molecular weight is 800 g/mol. The number of nitrogens with one attached hydrogen (secondary N) is 1. The third-order valence-electron chi connectivity index (χ3n) is 12.6. The number of hydrogen-bond acceptors (Lipinski definition) is 5. The average Bonchev–Trinajstić information content (AvgIpc) is 3.22. The molecule has 2 aliphatic rings. The second kappa shape index (κ2) is 18.6. The number of rotatable bonds is 17. The van der Waals surface area contributed by atoms with E-state index in [1.807, 2.05) is 0 Å². The van der Waals surface area contributed by atoms with Gasteiger partial charge in [-0.2, -0.15) is 0 Å². The number of nitrogens with zero attached hydrogens (tertiary/aromatic N) is 2. The molecule has 0 saturated heterocycles. The normalized spacial score (nSPS) is 19.1. The number of benzene rings is 4. The standard InChI is InChI=1S/C47H68N3O2P3/c1-6-48-55(4,5,39-49(7-2)8-3)47(52,54(44-35-23-13-24-36-44)45-37-25-14-26-38-45)46(51,50(40-27-15-9-16-28-40)41-29-17-10-18-30-41)53(42-31-19-11-20-32-42)43-33-21-12-22-34-43/h9-12,15-22,27-34,44-45,48,51-52H,6-8,13-14,23-26,35-39H2,1-5H3. The van der Waals surface area contributed by atoms with Crippen molar-refractivity contribution < 1.29 is 10.2 Å². The van der Waals surface area contributed by atoms with E-state index in [0.29, 0.717) is 24.1 Å². The van der Waals surface area contributed by atoms with Crippen molar-refractivity contribution in [3.05, 3.63) is 121 Å². The van der Waals surface area contributed by atoms with E-state index in [2.05, 4.69) is 170 Å². The van der Waals surface area contributed by atoms with Crippen molar-refractivity contribution in [3.63, 3.8) is 0 Å². The first-order chi connectivity index (χ1) is 26.6. The van der Waals surface area contributed by atoms with Crippen LogP contribution in [-0.2, 0) is 0 Å². The van der Waals surface area contributed by atoms with Gasteiger partial charge in [0.25, 0.3) is 0 Å². The van der Waals surface area contributed by atoms with E-state index in [1.165, 1.54) is 38.5 Å². The van der Waals surface area contributed by atoms with Gasteiger partial charge in [-0.15, -0.1) is 0 Å². The van der Waals surface area contributed by atoms with Crippen molar-refractivity contribution in [3.8, 4) is 0 Å². The van der Waals surface area contributed by atoms with Crippen LogP contribution in [0, 0.1) is 0 Å². The van der Waals surface area contributed by atoms with Crippen LogP contribution < -0.4 is 20.6 Å². The number of anilines is 2. The Morgan fingerprint density at radius 2 is 0.982 bits per heavy atom. The van der Waals surface area contributed by atoms with Crippen LogP contribution in [0.15, 0.2) is 121 Å². The molecule has 4 aromatic rings. The minimum atomic E-state index is -3.69. The number of hydrogen-bond donors (Lipinski definition) is 3. The van der Waals surface area contributed by atoms with Gasteiger partial charge >= 0.3 is 337 Å². The van der Waals surface area contributed by atoms with Gasteiger partial charge < -0.3 is 0 Å². The second-order valence-corrected chi connectivity index (χ2v) is 28.3. The van der Waals surface area contributed by atoms with Crippen molar-refractivity contribution in [2.24, 2.45) is 0 Å². The summed E-state index contributed by atoms with van der Waals surface area (Å²) in [6.07, 6.45) is 12.5. The van der Waals surface area contributed by atoms with Crippen LogP contribution in [0.1, 0.15) is 85.0 Å². The van der Waals surface area contributed by atoms with Crippen molar-refractivity contribution in [2.45, 2.75) is 107 Å². The summed E-state index contributed by atoms with van der Waals surface area (Å²) in [5, 5.41) is 36.2. The van der Waals surface area contributed by atoms with Crippen molar-refractivity contribution >= 4 is 44.6 Å². The molecule has 2 unspecified atom stereocenters. The van der Waals surface area contributed by atoms with Crippen LogP contribution in [0.4, 0.5) is 11.4 Å². The topological polar surface area (TPSA) is 59.0 Å². The Labute approximate surface area is 335 Å². The summed E-state index contributed by atoms with van der Waals surface area (Å²) in [6.45, 7) is 10.4. The van der Waals surface area contributed by atoms with Crippen LogP contribution in [0.5, 0.6) is 0 Å². The zero-order valence-corrected chi connectivity index (χ0v) is 36.9. The van der Waals surface area contributed by atoms with E-state index in [4.69, 9.17) is 0 Å². The fourth-order valence-electron chi connectivity index (χ4n) is 10.1. The molecule has 55 heavy (non-hydrogen) atoms. The monoisotopic (exact) mass is 799 g/mol. The fraction of sp³-hybridized carbons (Fsp3) is 0.489. The maximum absolute atomic E-state index is 15.8. The van der Waals surface area contributed by atoms with Crippen molar-refractivity contribution in [1.29, 1.82) is 0 Å². The zero-order chi connectivity index (χ0) is 39.0. The first kappa shape index (κ1) is 42.4. The summed E-state index contributed by atoms with van der Waals surface area (Å²) in [6, 6.07) is 42.5. The fourth-order valence-corrected chi connectivity index (χ4v) is 27.1. The molecule has 2 aliphatic carbocycles. The van der Waals surface area contributed by atoms with E-state index in [9.17, 15) is 0 Å². The molecule has 6 rings (SSSR count). The molecule has 0 heterocycles. The molecule has 0 bridgehead atoms.